The molecule has 0 atom stereocenters. The molecule has 3 nitrogen and oxygen atoms in total. The molecule has 1 rings (SSSR count). The summed E-state index contributed by atoms with van der Waals surface area (Å²) in [6.07, 6.45) is 5.58. The first-order chi connectivity index (χ1) is 7.35. The van der Waals surface area contributed by atoms with E-state index in [1.54, 1.807) is 11.0 Å². The van der Waals surface area contributed by atoms with Gasteiger partial charge in [0.1, 0.15) is 13.1 Å². The lowest BCUT2D eigenvalue weighted by Crippen LogP contribution is -3.14. The summed E-state index contributed by atoms with van der Waals surface area (Å²) < 4.78 is 5.31. The second kappa shape index (κ2) is 14.7. The van der Waals surface area contributed by atoms with Gasteiger partial charge in [0.25, 0.3) is 0 Å². The number of nitriles is 1. The standard InChI is InChI=1S/C10H21NO.C2H3N.ClH/c1-2-3-4-5-6-11-7-9-12-10-8-11;1-2-3;/h2-10H2,1H3;1H3;1H. The lowest BCUT2D eigenvalue weighted by Gasteiger charge is -2.23. The monoisotopic (exact) mass is 248 g/mol. The molecule has 1 fully saturated rings. The van der Waals surface area contributed by atoms with Gasteiger partial charge in [-0.25, -0.2) is 0 Å². The van der Waals surface area contributed by atoms with Crippen LogP contribution in [0, 0.1) is 11.3 Å². The molecule has 0 amide bonds. The van der Waals surface area contributed by atoms with Crippen LogP contribution in [-0.4, -0.2) is 32.8 Å². The summed E-state index contributed by atoms with van der Waals surface area (Å²) in [5.41, 5.74) is 0. The Morgan fingerprint density at radius 3 is 2.25 bits per heavy atom. The number of hydrogen-bond donors (Lipinski definition) is 1. The summed E-state index contributed by atoms with van der Waals surface area (Å²) in [5.74, 6) is 0. The Labute approximate surface area is 106 Å². The fraction of sp³-hybridized carbons (Fsp3) is 0.917. The first-order valence-electron chi connectivity index (χ1n) is 6.07. The maximum absolute atomic E-state index is 7.32. The van der Waals surface area contributed by atoms with E-state index < -0.39 is 0 Å². The molecule has 0 spiro atoms. The molecule has 96 valence electrons. The first kappa shape index (κ1) is 18.1. The Morgan fingerprint density at radius 1 is 1.19 bits per heavy atom. The molecule has 16 heavy (non-hydrogen) atoms. The Kier molecular flexibility index (Phi) is 16.6. The molecule has 0 saturated carbocycles. The van der Waals surface area contributed by atoms with E-state index in [2.05, 4.69) is 6.92 Å². The molecule has 0 bridgehead atoms. The normalized spacial score (nSPS) is 15.3. The van der Waals surface area contributed by atoms with Gasteiger partial charge in [-0.2, -0.15) is 5.26 Å². The molecule has 0 unspecified atom stereocenters. The highest BCUT2D eigenvalue weighted by atomic mass is 35.5. The highest BCUT2D eigenvalue weighted by Crippen LogP contribution is 1.96. The summed E-state index contributed by atoms with van der Waals surface area (Å²) in [7, 11) is 0. The number of halogens is 1. The average Bonchev–Trinajstić information content (AvgIpc) is 2.27. The number of quaternary nitrogens is 1. The lowest BCUT2D eigenvalue weighted by molar-refractivity contribution is -0.908. The van der Waals surface area contributed by atoms with E-state index in [1.807, 2.05) is 0 Å². The third-order valence-corrected chi connectivity index (χ3v) is 2.58. The molecular formula is C12H25ClN2O. The molecule has 0 aliphatic carbocycles. The second-order valence-corrected chi connectivity index (χ2v) is 3.90. The predicted molar refractivity (Wildman–Crippen MR) is 61.8 cm³/mol. The summed E-state index contributed by atoms with van der Waals surface area (Å²) >= 11 is 0. The van der Waals surface area contributed by atoms with E-state index in [1.165, 1.54) is 52.2 Å². The topological polar surface area (TPSA) is 37.5 Å². The van der Waals surface area contributed by atoms with Crippen LogP contribution >= 0.6 is 0 Å². The maximum atomic E-state index is 7.32. The van der Waals surface area contributed by atoms with E-state index in [-0.39, 0.29) is 12.4 Å². The van der Waals surface area contributed by atoms with Crippen LogP contribution < -0.4 is 17.3 Å². The number of nitrogens with one attached hydrogen (secondary N) is 1. The largest absolute Gasteiger partial charge is 1.00 e. The minimum atomic E-state index is 0. The van der Waals surface area contributed by atoms with Gasteiger partial charge in [-0.1, -0.05) is 19.8 Å². The Morgan fingerprint density at radius 2 is 1.75 bits per heavy atom. The van der Waals surface area contributed by atoms with E-state index in [0.717, 1.165) is 13.2 Å². The molecular weight excluding hydrogens is 224 g/mol. The minimum absolute atomic E-state index is 0. The van der Waals surface area contributed by atoms with Crippen LogP contribution in [0.1, 0.15) is 39.5 Å². The van der Waals surface area contributed by atoms with Gasteiger partial charge < -0.3 is 22.0 Å². The van der Waals surface area contributed by atoms with E-state index in [0.29, 0.717) is 0 Å². The Bertz CT molecular complexity index is 165. The van der Waals surface area contributed by atoms with Gasteiger partial charge in [0.2, 0.25) is 0 Å². The van der Waals surface area contributed by atoms with Crippen molar-refractivity contribution in [1.82, 2.24) is 0 Å². The molecule has 0 aromatic rings. The van der Waals surface area contributed by atoms with Crippen molar-refractivity contribution < 1.29 is 22.0 Å². The van der Waals surface area contributed by atoms with Gasteiger partial charge in [0.05, 0.1) is 25.8 Å². The zero-order valence-corrected chi connectivity index (χ0v) is 11.4. The van der Waals surface area contributed by atoms with Crippen molar-refractivity contribution in [3.8, 4) is 6.07 Å². The molecule has 4 heteroatoms. The second-order valence-electron chi connectivity index (χ2n) is 3.90. The number of morpholine rings is 1. The Hall–Kier alpha value is -0.300. The fourth-order valence-electron chi connectivity index (χ4n) is 1.71. The van der Waals surface area contributed by atoms with Gasteiger partial charge in [0, 0.05) is 6.92 Å². The number of unbranched alkanes of at least 4 members (excludes halogenated alkanes) is 3. The third-order valence-electron chi connectivity index (χ3n) is 2.58. The van der Waals surface area contributed by atoms with Gasteiger partial charge in [0.15, 0.2) is 0 Å². The van der Waals surface area contributed by atoms with Gasteiger partial charge in [-0.05, 0) is 12.8 Å². The fourth-order valence-corrected chi connectivity index (χ4v) is 1.71. The van der Waals surface area contributed by atoms with Crippen LogP contribution in [0.5, 0.6) is 0 Å². The van der Waals surface area contributed by atoms with Gasteiger partial charge >= 0.3 is 0 Å². The van der Waals surface area contributed by atoms with Crippen molar-refractivity contribution in [2.24, 2.45) is 0 Å². The number of nitrogens with zero attached hydrogens (tertiary/aromatic N) is 1. The molecule has 0 aromatic heterocycles. The lowest BCUT2D eigenvalue weighted by atomic mass is 10.2. The summed E-state index contributed by atoms with van der Waals surface area (Å²) in [5, 5.41) is 7.32. The van der Waals surface area contributed by atoms with Crippen LogP contribution in [0.2, 0.25) is 0 Å². The molecule has 1 heterocycles. The summed E-state index contributed by atoms with van der Waals surface area (Å²) in [6, 6.07) is 1.75. The van der Waals surface area contributed by atoms with Crippen LogP contribution in [0.3, 0.4) is 0 Å². The molecule has 0 radical (unpaired) electrons. The van der Waals surface area contributed by atoms with Crippen molar-refractivity contribution in [3.05, 3.63) is 0 Å². The molecule has 1 N–H and O–H groups in total. The van der Waals surface area contributed by atoms with Gasteiger partial charge in [-0.3, -0.25) is 0 Å². The highest BCUT2D eigenvalue weighted by molar-refractivity contribution is 4.51. The minimum Gasteiger partial charge on any atom is -1.00 e. The summed E-state index contributed by atoms with van der Waals surface area (Å²) in [6.45, 7) is 9.47. The predicted octanol–water partition coefficient (Wildman–Crippen LogP) is -1.98. The average molecular weight is 249 g/mol. The Balaban J connectivity index is 0. The zero-order chi connectivity index (χ0) is 11.4. The van der Waals surface area contributed by atoms with Crippen LogP contribution in [0.4, 0.5) is 0 Å². The van der Waals surface area contributed by atoms with Crippen LogP contribution in [-0.2, 0) is 4.74 Å². The zero-order valence-electron chi connectivity index (χ0n) is 10.6. The van der Waals surface area contributed by atoms with Crippen molar-refractivity contribution >= 4 is 0 Å². The van der Waals surface area contributed by atoms with E-state index in [9.17, 15) is 0 Å². The quantitative estimate of drug-likeness (QED) is 0.573. The maximum Gasteiger partial charge on any atom is 0.101 e. The van der Waals surface area contributed by atoms with Crippen molar-refractivity contribution in [2.45, 2.75) is 39.5 Å². The molecule has 1 aliphatic rings. The summed E-state index contributed by atoms with van der Waals surface area (Å²) in [4.78, 5) is 1.75. The molecule has 1 saturated heterocycles. The van der Waals surface area contributed by atoms with Crippen LogP contribution in [0.25, 0.3) is 0 Å². The number of rotatable bonds is 5. The van der Waals surface area contributed by atoms with E-state index >= 15 is 0 Å². The highest BCUT2D eigenvalue weighted by Gasteiger charge is 2.12. The number of ether oxygens (including phenoxy) is 1. The van der Waals surface area contributed by atoms with Crippen molar-refractivity contribution in [2.75, 3.05) is 32.8 Å². The SMILES string of the molecule is CC#N.CCCCCC[NH+]1CCOCC1.[Cl-]. The number of hydrogen-bond acceptors (Lipinski definition) is 2. The first-order valence-corrected chi connectivity index (χ1v) is 6.07. The molecule has 1 aliphatic heterocycles. The third kappa shape index (κ3) is 11.8. The van der Waals surface area contributed by atoms with Gasteiger partial charge in [-0.15, -0.1) is 0 Å². The van der Waals surface area contributed by atoms with Crippen molar-refractivity contribution in [1.29, 1.82) is 5.26 Å². The van der Waals surface area contributed by atoms with Crippen LogP contribution in [0.15, 0.2) is 0 Å². The van der Waals surface area contributed by atoms with E-state index in [4.69, 9.17) is 10.00 Å². The van der Waals surface area contributed by atoms with Crippen molar-refractivity contribution in [3.63, 3.8) is 0 Å². The smallest absolute Gasteiger partial charge is 0.101 e. The molecule has 0 aromatic carbocycles.